The van der Waals surface area contributed by atoms with Gasteiger partial charge in [0.05, 0.1) is 0 Å². The molecule has 0 aliphatic carbocycles. The van der Waals surface area contributed by atoms with Gasteiger partial charge in [-0.15, -0.1) is 0 Å². The summed E-state index contributed by atoms with van der Waals surface area (Å²) in [7, 11) is 0. The van der Waals surface area contributed by atoms with Gasteiger partial charge in [0, 0.05) is 10.8 Å². The maximum absolute atomic E-state index is 5.99. The average molecular weight is 210 g/mol. The Kier molecular flexibility index (Phi) is 1.84. The van der Waals surface area contributed by atoms with Crippen molar-refractivity contribution in [1.82, 2.24) is 0 Å². The number of furan rings is 1. The quantitative estimate of drug-likeness (QED) is 0.532. The third kappa shape index (κ3) is 1.12. The number of hydrogen-bond acceptors (Lipinski definition) is 1. The molecule has 0 saturated heterocycles. The van der Waals surface area contributed by atoms with Gasteiger partial charge >= 0.3 is 0 Å². The minimum Gasteiger partial charge on any atom is -0.455 e. The molecule has 0 amide bonds. The molecule has 1 heterocycles. The summed E-state index contributed by atoms with van der Waals surface area (Å²) in [4.78, 5) is 0. The van der Waals surface area contributed by atoms with Gasteiger partial charge in [-0.3, -0.25) is 0 Å². The maximum Gasteiger partial charge on any atom is 0.138 e. The van der Waals surface area contributed by atoms with Gasteiger partial charge in [-0.2, -0.15) is 0 Å². The largest absolute Gasteiger partial charge is 0.455 e. The summed E-state index contributed by atoms with van der Waals surface area (Å²) in [6.07, 6.45) is 0. The lowest BCUT2D eigenvalue weighted by Crippen LogP contribution is -1.79. The van der Waals surface area contributed by atoms with Crippen LogP contribution in [-0.4, -0.2) is 0 Å². The molecule has 0 N–H and O–H groups in total. The summed E-state index contributed by atoms with van der Waals surface area (Å²) in [5, 5.41) is 2.44. The summed E-state index contributed by atoms with van der Waals surface area (Å²) < 4.78 is 5.99. The van der Waals surface area contributed by atoms with E-state index in [9.17, 15) is 0 Å². The molecule has 80 valence electrons. The molecule has 0 saturated carbocycles. The highest BCUT2D eigenvalue weighted by Crippen LogP contribution is 2.33. The molecular formula is C15H14O. The van der Waals surface area contributed by atoms with Gasteiger partial charge in [-0.25, -0.2) is 0 Å². The van der Waals surface area contributed by atoms with Crippen LogP contribution in [0.5, 0.6) is 0 Å². The fourth-order valence-corrected chi connectivity index (χ4v) is 2.24. The Balaban J connectivity index is 2.60. The summed E-state index contributed by atoms with van der Waals surface area (Å²) in [5.41, 5.74) is 5.78. The van der Waals surface area contributed by atoms with Gasteiger partial charge < -0.3 is 4.42 Å². The van der Waals surface area contributed by atoms with E-state index in [1.54, 1.807) is 0 Å². The Morgan fingerprint density at radius 3 is 2.31 bits per heavy atom. The smallest absolute Gasteiger partial charge is 0.138 e. The van der Waals surface area contributed by atoms with Crippen LogP contribution in [0.2, 0.25) is 0 Å². The van der Waals surface area contributed by atoms with Gasteiger partial charge in [-0.1, -0.05) is 30.3 Å². The molecule has 0 aliphatic heterocycles. The maximum atomic E-state index is 5.99. The Bertz CT molecular complexity index is 689. The van der Waals surface area contributed by atoms with Crippen LogP contribution in [0.25, 0.3) is 21.9 Å². The lowest BCUT2D eigenvalue weighted by Gasteiger charge is -1.98. The Labute approximate surface area is 94.7 Å². The highest BCUT2D eigenvalue weighted by atomic mass is 16.3. The number of fused-ring (bicyclic) bond motifs is 3. The molecule has 0 aliphatic rings. The van der Waals surface area contributed by atoms with E-state index in [0.29, 0.717) is 0 Å². The zero-order chi connectivity index (χ0) is 11.3. The molecule has 0 radical (unpaired) electrons. The second kappa shape index (κ2) is 3.11. The van der Waals surface area contributed by atoms with Crippen molar-refractivity contribution >= 4 is 21.9 Å². The van der Waals surface area contributed by atoms with Crippen molar-refractivity contribution < 1.29 is 4.42 Å². The monoisotopic (exact) mass is 210 g/mol. The molecule has 0 fully saturated rings. The fraction of sp³-hybridized carbons (Fsp3) is 0.200. The van der Waals surface area contributed by atoms with Crippen molar-refractivity contribution in [1.29, 1.82) is 0 Å². The standard InChI is InChI=1S/C15H14O/c1-9-7-8-13-12-6-4-5-10(2)14(12)16-15(13)11(9)3/h4-8H,1-3H3. The predicted octanol–water partition coefficient (Wildman–Crippen LogP) is 4.51. The van der Waals surface area contributed by atoms with E-state index in [1.807, 2.05) is 0 Å². The zero-order valence-corrected chi connectivity index (χ0v) is 9.79. The molecule has 1 heteroatoms. The molecule has 0 bridgehead atoms. The molecule has 1 nitrogen and oxygen atoms in total. The van der Waals surface area contributed by atoms with Crippen LogP contribution in [0.1, 0.15) is 16.7 Å². The van der Waals surface area contributed by atoms with Crippen LogP contribution >= 0.6 is 0 Å². The summed E-state index contributed by atoms with van der Waals surface area (Å²) >= 11 is 0. The van der Waals surface area contributed by atoms with E-state index < -0.39 is 0 Å². The van der Waals surface area contributed by atoms with E-state index in [4.69, 9.17) is 4.42 Å². The fourth-order valence-electron chi connectivity index (χ4n) is 2.24. The Morgan fingerprint density at radius 1 is 0.750 bits per heavy atom. The first-order valence-corrected chi connectivity index (χ1v) is 5.56. The first-order chi connectivity index (χ1) is 7.68. The van der Waals surface area contributed by atoms with E-state index in [-0.39, 0.29) is 0 Å². The number of rotatable bonds is 0. The van der Waals surface area contributed by atoms with Crippen LogP contribution in [0.15, 0.2) is 34.7 Å². The number of benzene rings is 2. The van der Waals surface area contributed by atoms with E-state index >= 15 is 0 Å². The highest BCUT2D eigenvalue weighted by Gasteiger charge is 2.10. The van der Waals surface area contributed by atoms with Crippen molar-refractivity contribution in [2.45, 2.75) is 20.8 Å². The van der Waals surface area contributed by atoms with Crippen molar-refractivity contribution in [2.75, 3.05) is 0 Å². The molecule has 3 rings (SSSR count). The third-order valence-electron chi connectivity index (χ3n) is 3.38. The van der Waals surface area contributed by atoms with E-state index in [0.717, 1.165) is 11.2 Å². The van der Waals surface area contributed by atoms with E-state index in [2.05, 4.69) is 51.1 Å². The molecule has 0 atom stereocenters. The predicted molar refractivity (Wildman–Crippen MR) is 67.9 cm³/mol. The lowest BCUT2D eigenvalue weighted by molar-refractivity contribution is 0.662. The molecule has 2 aromatic carbocycles. The molecule has 16 heavy (non-hydrogen) atoms. The Morgan fingerprint density at radius 2 is 1.50 bits per heavy atom. The van der Waals surface area contributed by atoms with Crippen molar-refractivity contribution in [3.8, 4) is 0 Å². The zero-order valence-electron chi connectivity index (χ0n) is 9.79. The summed E-state index contributed by atoms with van der Waals surface area (Å²) in [6, 6.07) is 10.6. The second-order valence-electron chi connectivity index (χ2n) is 4.44. The first kappa shape index (κ1) is 9.46. The Hall–Kier alpha value is -1.76. The lowest BCUT2D eigenvalue weighted by atomic mass is 10.0. The SMILES string of the molecule is Cc1ccc2c(oc3c(C)cccc32)c1C. The molecule has 0 unspecified atom stereocenters. The third-order valence-corrected chi connectivity index (χ3v) is 3.38. The normalized spacial score (nSPS) is 11.4. The molecule has 3 aromatic rings. The minimum absolute atomic E-state index is 1.02. The van der Waals surface area contributed by atoms with Gasteiger partial charge in [-0.05, 0) is 37.5 Å². The van der Waals surface area contributed by atoms with Crippen LogP contribution in [0, 0.1) is 20.8 Å². The molecular weight excluding hydrogens is 196 g/mol. The van der Waals surface area contributed by atoms with Crippen molar-refractivity contribution in [2.24, 2.45) is 0 Å². The molecule has 0 spiro atoms. The van der Waals surface area contributed by atoms with Crippen LogP contribution in [0.3, 0.4) is 0 Å². The van der Waals surface area contributed by atoms with Gasteiger partial charge in [0.2, 0.25) is 0 Å². The van der Waals surface area contributed by atoms with Gasteiger partial charge in [0.15, 0.2) is 0 Å². The van der Waals surface area contributed by atoms with E-state index in [1.165, 1.54) is 27.5 Å². The van der Waals surface area contributed by atoms with Crippen LogP contribution < -0.4 is 0 Å². The summed E-state index contributed by atoms with van der Waals surface area (Å²) in [6.45, 7) is 6.33. The average Bonchev–Trinajstić information content (AvgIpc) is 2.65. The number of hydrogen-bond donors (Lipinski definition) is 0. The topological polar surface area (TPSA) is 13.1 Å². The van der Waals surface area contributed by atoms with Gasteiger partial charge in [0.1, 0.15) is 11.2 Å². The number of para-hydroxylation sites is 1. The van der Waals surface area contributed by atoms with Crippen LogP contribution in [-0.2, 0) is 0 Å². The number of aryl methyl sites for hydroxylation is 3. The van der Waals surface area contributed by atoms with Crippen LogP contribution in [0.4, 0.5) is 0 Å². The second-order valence-corrected chi connectivity index (χ2v) is 4.44. The van der Waals surface area contributed by atoms with Gasteiger partial charge in [0.25, 0.3) is 0 Å². The minimum atomic E-state index is 1.02. The first-order valence-electron chi connectivity index (χ1n) is 5.56. The van der Waals surface area contributed by atoms with Crippen molar-refractivity contribution in [3.63, 3.8) is 0 Å². The highest BCUT2D eigenvalue weighted by molar-refractivity contribution is 6.06. The molecule has 1 aromatic heterocycles. The summed E-state index contributed by atoms with van der Waals surface area (Å²) in [5.74, 6) is 0. The van der Waals surface area contributed by atoms with Crippen molar-refractivity contribution in [3.05, 3.63) is 47.0 Å².